The number of ether oxygens (including phenoxy) is 2. The summed E-state index contributed by atoms with van der Waals surface area (Å²) in [6.45, 7) is 0. The van der Waals surface area contributed by atoms with Crippen molar-refractivity contribution < 1.29 is 17.5 Å². The fourth-order valence-electron chi connectivity index (χ4n) is 1.79. The van der Waals surface area contributed by atoms with Gasteiger partial charge in [-0.3, -0.25) is 0 Å². The normalized spacial score (nSPS) is 10.6. The molecule has 0 aliphatic rings. The van der Waals surface area contributed by atoms with Crippen molar-refractivity contribution in [2.75, 3.05) is 14.2 Å². The maximum Gasteiger partial charge on any atom is 0.272 e. The van der Waals surface area contributed by atoms with Crippen molar-refractivity contribution >= 4 is 24.6 Å². The molecular formula is C16H15FO3S. The number of halogens is 1. The minimum absolute atomic E-state index is 0.167. The van der Waals surface area contributed by atoms with Crippen LogP contribution in [0.3, 0.4) is 0 Å². The third-order valence-corrected chi connectivity index (χ3v) is 3.11. The van der Waals surface area contributed by atoms with Gasteiger partial charge in [0, 0.05) is 6.07 Å². The minimum Gasteiger partial charge on any atom is -0.497 e. The minimum atomic E-state index is -0.167. The lowest BCUT2D eigenvalue weighted by molar-refractivity contribution is 0.394. The molecule has 0 aromatic heterocycles. The second kappa shape index (κ2) is 7.59. The summed E-state index contributed by atoms with van der Waals surface area (Å²) in [6, 6.07) is 12.8. The van der Waals surface area contributed by atoms with Crippen LogP contribution in [-0.2, 0) is 0 Å². The van der Waals surface area contributed by atoms with Crippen LogP contribution in [0, 0.1) is 0 Å². The summed E-state index contributed by atoms with van der Waals surface area (Å²) >= 11 is -0.167. The summed E-state index contributed by atoms with van der Waals surface area (Å²) in [7, 11) is 3.23. The van der Waals surface area contributed by atoms with E-state index in [0.29, 0.717) is 5.75 Å². The average molecular weight is 306 g/mol. The first-order valence-electron chi connectivity index (χ1n) is 6.21. The van der Waals surface area contributed by atoms with Crippen LogP contribution in [0.4, 0.5) is 3.89 Å². The van der Waals surface area contributed by atoms with Gasteiger partial charge in [0.1, 0.15) is 17.2 Å². The molecule has 0 heterocycles. The van der Waals surface area contributed by atoms with Gasteiger partial charge in [0.2, 0.25) is 0 Å². The predicted molar refractivity (Wildman–Crippen MR) is 84.2 cm³/mol. The van der Waals surface area contributed by atoms with Gasteiger partial charge in [-0.1, -0.05) is 24.3 Å². The Morgan fingerprint density at radius 2 is 1.38 bits per heavy atom. The second-order valence-corrected chi connectivity index (χ2v) is 4.49. The van der Waals surface area contributed by atoms with Gasteiger partial charge in [-0.15, -0.1) is 3.89 Å². The zero-order chi connectivity index (χ0) is 15.1. The maximum absolute atomic E-state index is 11.9. The van der Waals surface area contributed by atoms with Crippen LogP contribution in [0.5, 0.6) is 17.2 Å². The van der Waals surface area contributed by atoms with Crippen LogP contribution < -0.4 is 13.7 Å². The number of hydrogen-bond acceptors (Lipinski definition) is 4. The van der Waals surface area contributed by atoms with Crippen molar-refractivity contribution in [1.82, 2.24) is 0 Å². The topological polar surface area (TPSA) is 27.7 Å². The molecule has 0 spiro atoms. The van der Waals surface area contributed by atoms with Gasteiger partial charge in [-0.2, -0.15) is 0 Å². The molecule has 0 saturated heterocycles. The van der Waals surface area contributed by atoms with E-state index in [9.17, 15) is 3.89 Å². The Kier molecular flexibility index (Phi) is 5.51. The van der Waals surface area contributed by atoms with E-state index in [-0.39, 0.29) is 12.4 Å². The van der Waals surface area contributed by atoms with Crippen molar-refractivity contribution in [3.8, 4) is 17.2 Å². The van der Waals surface area contributed by atoms with E-state index < -0.39 is 0 Å². The summed E-state index contributed by atoms with van der Waals surface area (Å²) in [5, 5.41) is 0. The molecule has 3 nitrogen and oxygen atoms in total. The molecule has 21 heavy (non-hydrogen) atoms. The van der Waals surface area contributed by atoms with Crippen molar-refractivity contribution in [2.24, 2.45) is 0 Å². The van der Waals surface area contributed by atoms with E-state index in [1.54, 1.807) is 26.4 Å². The smallest absolute Gasteiger partial charge is 0.272 e. The molecule has 5 heteroatoms. The molecule has 0 aliphatic heterocycles. The monoisotopic (exact) mass is 306 g/mol. The standard InChI is InChI=1S/C16H15FO3S/c1-18-15-9-13(10-16(11-15)19-2)4-3-12-5-7-14(8-6-12)20-21-17/h3-11H,1-2H3/b4-3+. The van der Waals surface area contributed by atoms with E-state index in [0.717, 1.165) is 22.6 Å². The molecular weight excluding hydrogens is 291 g/mol. The second-order valence-electron chi connectivity index (χ2n) is 4.19. The summed E-state index contributed by atoms with van der Waals surface area (Å²) in [6.07, 6.45) is 3.89. The first-order valence-corrected chi connectivity index (χ1v) is 6.86. The first kappa shape index (κ1) is 15.3. The molecule has 2 rings (SSSR count). The van der Waals surface area contributed by atoms with Crippen LogP contribution in [0.1, 0.15) is 11.1 Å². The molecule has 0 N–H and O–H groups in total. The van der Waals surface area contributed by atoms with Gasteiger partial charge in [0.05, 0.1) is 14.2 Å². The number of rotatable bonds is 6. The van der Waals surface area contributed by atoms with E-state index in [1.807, 2.05) is 42.5 Å². The Morgan fingerprint density at radius 1 is 0.810 bits per heavy atom. The van der Waals surface area contributed by atoms with Gasteiger partial charge in [0.25, 0.3) is 12.4 Å². The lowest BCUT2D eigenvalue weighted by atomic mass is 10.1. The molecule has 110 valence electrons. The van der Waals surface area contributed by atoms with Crippen molar-refractivity contribution in [3.63, 3.8) is 0 Å². The zero-order valence-corrected chi connectivity index (χ0v) is 12.5. The molecule has 2 aromatic carbocycles. The van der Waals surface area contributed by atoms with E-state index >= 15 is 0 Å². The SMILES string of the molecule is COc1cc(/C=C/c2ccc(OSF)cc2)cc(OC)c1. The highest BCUT2D eigenvalue weighted by Gasteiger charge is 1.99. The number of hydrogen-bond donors (Lipinski definition) is 0. The predicted octanol–water partition coefficient (Wildman–Crippen LogP) is 4.79. The lowest BCUT2D eigenvalue weighted by Gasteiger charge is -2.05. The Hall–Kier alpha value is -2.14. The van der Waals surface area contributed by atoms with Crippen LogP contribution in [0.25, 0.3) is 12.2 Å². The third-order valence-electron chi connectivity index (χ3n) is 2.85. The Morgan fingerprint density at radius 3 is 1.90 bits per heavy atom. The Labute approximate surface area is 127 Å². The quantitative estimate of drug-likeness (QED) is 0.567. The molecule has 0 amide bonds. The molecule has 0 atom stereocenters. The molecule has 0 radical (unpaired) electrons. The van der Waals surface area contributed by atoms with E-state index in [1.165, 1.54) is 0 Å². The fraction of sp³-hybridized carbons (Fsp3) is 0.125. The van der Waals surface area contributed by atoms with E-state index in [4.69, 9.17) is 9.47 Å². The molecule has 0 fully saturated rings. The van der Waals surface area contributed by atoms with Gasteiger partial charge in [0.15, 0.2) is 0 Å². The number of methoxy groups -OCH3 is 2. The average Bonchev–Trinajstić information content (AvgIpc) is 2.54. The molecule has 0 saturated carbocycles. The summed E-state index contributed by atoms with van der Waals surface area (Å²) in [4.78, 5) is 0. The van der Waals surface area contributed by atoms with Crippen LogP contribution in [-0.4, -0.2) is 14.2 Å². The number of benzene rings is 2. The van der Waals surface area contributed by atoms with Crippen LogP contribution in [0.15, 0.2) is 42.5 Å². The molecule has 0 bridgehead atoms. The largest absolute Gasteiger partial charge is 0.497 e. The van der Waals surface area contributed by atoms with Crippen molar-refractivity contribution in [1.29, 1.82) is 0 Å². The van der Waals surface area contributed by atoms with Crippen molar-refractivity contribution in [2.45, 2.75) is 0 Å². The van der Waals surface area contributed by atoms with Gasteiger partial charge < -0.3 is 13.7 Å². The Bertz CT molecular complexity index is 589. The maximum atomic E-state index is 11.9. The zero-order valence-electron chi connectivity index (χ0n) is 11.7. The van der Waals surface area contributed by atoms with Gasteiger partial charge in [-0.25, -0.2) is 0 Å². The van der Waals surface area contributed by atoms with Crippen LogP contribution >= 0.6 is 12.4 Å². The van der Waals surface area contributed by atoms with Crippen LogP contribution in [0.2, 0.25) is 0 Å². The molecule has 2 aromatic rings. The summed E-state index contributed by atoms with van der Waals surface area (Å²) < 4.78 is 27.1. The molecule has 0 unspecified atom stereocenters. The third kappa shape index (κ3) is 4.43. The highest BCUT2D eigenvalue weighted by atomic mass is 32.2. The highest BCUT2D eigenvalue weighted by Crippen LogP contribution is 2.24. The molecule has 0 aliphatic carbocycles. The Balaban J connectivity index is 2.16. The lowest BCUT2D eigenvalue weighted by Crippen LogP contribution is -1.88. The highest BCUT2D eigenvalue weighted by molar-refractivity contribution is 7.89. The van der Waals surface area contributed by atoms with E-state index in [2.05, 4.69) is 4.18 Å². The fourth-order valence-corrected chi connectivity index (χ4v) is 1.97. The van der Waals surface area contributed by atoms with Gasteiger partial charge in [-0.05, 0) is 35.4 Å². The summed E-state index contributed by atoms with van der Waals surface area (Å²) in [5.41, 5.74) is 1.94. The van der Waals surface area contributed by atoms with Crippen molar-refractivity contribution in [3.05, 3.63) is 53.6 Å². The first-order chi connectivity index (χ1) is 10.2. The van der Waals surface area contributed by atoms with Gasteiger partial charge >= 0.3 is 0 Å². The summed E-state index contributed by atoms with van der Waals surface area (Å²) in [5.74, 6) is 1.94.